The average Bonchev–Trinajstić information content (AvgIpc) is 2.19. The maximum Gasteiger partial charge on any atom is 0.417 e. The highest BCUT2D eigenvalue weighted by molar-refractivity contribution is 6.31. The lowest BCUT2D eigenvalue weighted by Gasteiger charge is -2.15. The molecule has 0 aliphatic carbocycles. The molecule has 0 saturated heterocycles. The Morgan fingerprint density at radius 2 is 2.00 bits per heavy atom. The molecule has 0 aliphatic heterocycles. The summed E-state index contributed by atoms with van der Waals surface area (Å²) in [6.45, 7) is 3.62. The number of aliphatic hydroxyl groups excluding tert-OH is 1. The van der Waals surface area contributed by atoms with Gasteiger partial charge in [-0.2, -0.15) is 13.2 Å². The number of hydrogen-bond acceptors (Lipinski definition) is 2. The lowest BCUT2D eigenvalue weighted by molar-refractivity contribution is -0.137. The summed E-state index contributed by atoms with van der Waals surface area (Å²) >= 11 is 5.71. The van der Waals surface area contributed by atoms with Crippen molar-refractivity contribution in [2.45, 2.75) is 32.5 Å². The van der Waals surface area contributed by atoms with Crippen LogP contribution in [-0.2, 0) is 12.6 Å². The predicted octanol–water partition coefficient (Wildman–Crippen LogP) is 3.31. The number of nitrogens with zero attached hydrogens (tertiary/aromatic N) is 1. The third-order valence-corrected chi connectivity index (χ3v) is 2.74. The van der Waals surface area contributed by atoms with Crippen LogP contribution in [0.3, 0.4) is 0 Å². The van der Waals surface area contributed by atoms with Crippen LogP contribution in [0.25, 0.3) is 0 Å². The monoisotopic (exact) mass is 267 g/mol. The fraction of sp³-hybridized carbons (Fsp3) is 0.545. The molecular weight excluding hydrogens is 255 g/mol. The van der Waals surface area contributed by atoms with E-state index in [1.54, 1.807) is 0 Å². The highest BCUT2D eigenvalue weighted by atomic mass is 35.5. The predicted molar refractivity (Wildman–Crippen MR) is 58.8 cm³/mol. The van der Waals surface area contributed by atoms with Crippen molar-refractivity contribution in [3.05, 3.63) is 28.5 Å². The van der Waals surface area contributed by atoms with Crippen LogP contribution < -0.4 is 0 Å². The molecule has 6 heteroatoms. The molecule has 1 rings (SSSR count). The van der Waals surface area contributed by atoms with Crippen molar-refractivity contribution in [3.8, 4) is 0 Å². The van der Waals surface area contributed by atoms with Crippen LogP contribution in [0.4, 0.5) is 13.2 Å². The third-order valence-electron chi connectivity index (χ3n) is 2.42. The van der Waals surface area contributed by atoms with Crippen molar-refractivity contribution in [3.63, 3.8) is 0 Å². The lowest BCUT2D eigenvalue weighted by Crippen LogP contribution is -2.19. The molecule has 1 unspecified atom stereocenters. The van der Waals surface area contributed by atoms with Crippen LogP contribution in [0.15, 0.2) is 12.3 Å². The zero-order valence-corrected chi connectivity index (χ0v) is 10.2. The lowest BCUT2D eigenvalue weighted by atomic mass is 10.0. The van der Waals surface area contributed by atoms with E-state index in [-0.39, 0.29) is 23.1 Å². The van der Waals surface area contributed by atoms with Gasteiger partial charge in [0.05, 0.1) is 22.4 Å². The van der Waals surface area contributed by atoms with Crippen LogP contribution >= 0.6 is 11.6 Å². The minimum absolute atomic E-state index is 0.00448. The average molecular weight is 268 g/mol. The van der Waals surface area contributed by atoms with Gasteiger partial charge in [-0.15, -0.1) is 0 Å². The van der Waals surface area contributed by atoms with Crippen molar-refractivity contribution < 1.29 is 18.3 Å². The second-order valence-electron chi connectivity index (χ2n) is 4.17. The van der Waals surface area contributed by atoms with E-state index in [0.717, 1.165) is 12.3 Å². The Morgan fingerprint density at radius 1 is 1.41 bits per heavy atom. The SMILES string of the molecule is CC(C)C(O)Cc1ncc(C(F)(F)F)cc1Cl. The molecule has 17 heavy (non-hydrogen) atoms. The molecule has 1 heterocycles. The molecule has 96 valence electrons. The molecule has 0 aromatic carbocycles. The summed E-state index contributed by atoms with van der Waals surface area (Å²) in [5.41, 5.74) is -0.605. The molecule has 1 N–H and O–H groups in total. The summed E-state index contributed by atoms with van der Waals surface area (Å²) < 4.78 is 37.0. The van der Waals surface area contributed by atoms with Crippen LogP contribution in [-0.4, -0.2) is 16.2 Å². The molecule has 0 spiro atoms. The van der Waals surface area contributed by atoms with Crippen molar-refractivity contribution in [1.29, 1.82) is 0 Å². The van der Waals surface area contributed by atoms with Crippen molar-refractivity contribution >= 4 is 11.6 Å². The first-order chi connectivity index (χ1) is 7.71. The zero-order chi connectivity index (χ0) is 13.2. The molecule has 0 amide bonds. The van der Waals surface area contributed by atoms with Crippen LogP contribution in [0.2, 0.25) is 5.02 Å². The summed E-state index contributed by atoms with van der Waals surface area (Å²) in [6, 6.07) is 0.830. The molecule has 0 saturated carbocycles. The van der Waals surface area contributed by atoms with Crippen LogP contribution in [0.5, 0.6) is 0 Å². The van der Waals surface area contributed by atoms with E-state index in [4.69, 9.17) is 11.6 Å². The smallest absolute Gasteiger partial charge is 0.392 e. The molecule has 0 bridgehead atoms. The maximum absolute atomic E-state index is 12.3. The Bertz CT molecular complexity index is 393. The molecule has 1 aromatic rings. The Morgan fingerprint density at radius 3 is 2.41 bits per heavy atom. The Balaban J connectivity index is 2.91. The highest BCUT2D eigenvalue weighted by Gasteiger charge is 2.31. The van der Waals surface area contributed by atoms with Gasteiger partial charge >= 0.3 is 6.18 Å². The van der Waals surface area contributed by atoms with Gasteiger partial charge < -0.3 is 5.11 Å². The fourth-order valence-electron chi connectivity index (χ4n) is 1.21. The summed E-state index contributed by atoms with van der Waals surface area (Å²) in [5.74, 6) is -0.00448. The van der Waals surface area contributed by atoms with Gasteiger partial charge in [0.25, 0.3) is 0 Å². The van der Waals surface area contributed by atoms with Gasteiger partial charge in [-0.1, -0.05) is 25.4 Å². The molecular formula is C11H13ClF3NO. The highest BCUT2D eigenvalue weighted by Crippen LogP contribution is 2.31. The summed E-state index contributed by atoms with van der Waals surface area (Å²) in [7, 11) is 0. The van der Waals surface area contributed by atoms with E-state index in [9.17, 15) is 18.3 Å². The Hall–Kier alpha value is -0.810. The third kappa shape index (κ3) is 3.85. The number of aromatic nitrogens is 1. The van der Waals surface area contributed by atoms with Crippen LogP contribution in [0, 0.1) is 5.92 Å². The van der Waals surface area contributed by atoms with Gasteiger partial charge in [0.2, 0.25) is 0 Å². The van der Waals surface area contributed by atoms with Crippen LogP contribution in [0.1, 0.15) is 25.1 Å². The van der Waals surface area contributed by atoms with Gasteiger partial charge in [-0.05, 0) is 12.0 Å². The van der Waals surface area contributed by atoms with Gasteiger partial charge in [-0.3, -0.25) is 4.98 Å². The second kappa shape index (κ2) is 5.23. The first-order valence-corrected chi connectivity index (χ1v) is 5.49. The van der Waals surface area contributed by atoms with E-state index in [1.165, 1.54) is 0 Å². The van der Waals surface area contributed by atoms with E-state index in [2.05, 4.69) is 4.98 Å². The number of rotatable bonds is 3. The zero-order valence-electron chi connectivity index (χ0n) is 9.42. The quantitative estimate of drug-likeness (QED) is 0.911. The van der Waals surface area contributed by atoms with Gasteiger partial charge in [0, 0.05) is 12.6 Å². The van der Waals surface area contributed by atoms with Gasteiger partial charge in [0.1, 0.15) is 0 Å². The number of halogens is 4. The molecule has 0 fully saturated rings. The van der Waals surface area contributed by atoms with Gasteiger partial charge in [-0.25, -0.2) is 0 Å². The van der Waals surface area contributed by atoms with Crippen molar-refractivity contribution in [1.82, 2.24) is 4.98 Å². The number of aliphatic hydroxyl groups is 1. The minimum atomic E-state index is -4.45. The minimum Gasteiger partial charge on any atom is -0.392 e. The second-order valence-corrected chi connectivity index (χ2v) is 4.57. The largest absolute Gasteiger partial charge is 0.417 e. The van der Waals surface area contributed by atoms with Crippen molar-refractivity contribution in [2.24, 2.45) is 5.92 Å². The van der Waals surface area contributed by atoms with E-state index in [1.807, 2.05) is 13.8 Å². The molecule has 1 aromatic heterocycles. The van der Waals surface area contributed by atoms with E-state index in [0.29, 0.717) is 0 Å². The normalized spacial score (nSPS) is 14.1. The molecule has 0 aliphatic rings. The maximum atomic E-state index is 12.3. The van der Waals surface area contributed by atoms with Gasteiger partial charge in [0.15, 0.2) is 0 Å². The van der Waals surface area contributed by atoms with Crippen molar-refractivity contribution in [2.75, 3.05) is 0 Å². The first kappa shape index (κ1) is 14.3. The summed E-state index contributed by atoms with van der Waals surface area (Å²) in [5, 5.41) is 9.54. The Labute approximate surface area is 102 Å². The molecule has 2 nitrogen and oxygen atoms in total. The number of hydrogen-bond donors (Lipinski definition) is 1. The molecule has 0 radical (unpaired) electrons. The number of alkyl halides is 3. The summed E-state index contributed by atoms with van der Waals surface area (Å²) in [4.78, 5) is 3.66. The topological polar surface area (TPSA) is 33.1 Å². The number of pyridine rings is 1. The van der Waals surface area contributed by atoms with E-state index < -0.39 is 17.8 Å². The first-order valence-electron chi connectivity index (χ1n) is 5.11. The summed E-state index contributed by atoms with van der Waals surface area (Å²) in [6.07, 6.45) is -4.24. The van der Waals surface area contributed by atoms with E-state index >= 15 is 0 Å². The standard InChI is InChI=1S/C11H13ClF3NO/c1-6(2)10(17)4-9-8(12)3-7(5-16-9)11(13,14)15/h3,5-6,10,17H,4H2,1-2H3. The fourth-order valence-corrected chi connectivity index (χ4v) is 1.45. The Kier molecular flexibility index (Phi) is 4.38. The molecule has 1 atom stereocenters.